The molecule has 0 spiro atoms. The second-order valence-electron chi connectivity index (χ2n) is 7.47. The van der Waals surface area contributed by atoms with Crippen LogP contribution in [0.1, 0.15) is 34.3 Å². The molecule has 1 aliphatic heterocycles. The molecule has 0 bridgehead atoms. The molecule has 1 fully saturated rings. The Morgan fingerprint density at radius 2 is 1.69 bits per heavy atom. The second-order valence-corrected chi connectivity index (χ2v) is 7.47. The van der Waals surface area contributed by atoms with Crippen LogP contribution < -0.4 is 15.5 Å². The quantitative estimate of drug-likeness (QED) is 0.636. The van der Waals surface area contributed by atoms with Crippen LogP contribution in [0, 0.1) is 6.92 Å². The van der Waals surface area contributed by atoms with E-state index >= 15 is 0 Å². The molecule has 5 heteroatoms. The molecule has 1 aliphatic rings. The number of anilines is 3. The first-order valence-electron chi connectivity index (χ1n) is 10.1. The normalized spacial score (nSPS) is 13.3. The zero-order valence-corrected chi connectivity index (χ0v) is 16.7. The van der Waals surface area contributed by atoms with Gasteiger partial charge in [0.05, 0.1) is 5.56 Å². The summed E-state index contributed by atoms with van der Waals surface area (Å²) in [7, 11) is 0. The molecule has 29 heavy (non-hydrogen) atoms. The molecule has 1 saturated heterocycles. The number of amides is 1. The van der Waals surface area contributed by atoms with Gasteiger partial charge in [-0.1, -0.05) is 29.8 Å². The van der Waals surface area contributed by atoms with Crippen LogP contribution >= 0.6 is 0 Å². The van der Waals surface area contributed by atoms with Gasteiger partial charge in [-0.05, 0) is 61.7 Å². The van der Waals surface area contributed by atoms with Gasteiger partial charge in [-0.3, -0.25) is 4.79 Å². The highest BCUT2D eigenvalue weighted by atomic mass is 16.1. The Bertz CT molecular complexity index is 944. The fourth-order valence-electron chi connectivity index (χ4n) is 3.47. The Kier molecular flexibility index (Phi) is 5.75. The molecule has 0 atom stereocenters. The number of nitrogens with one attached hydrogen (secondary N) is 2. The monoisotopic (exact) mass is 386 g/mol. The van der Waals surface area contributed by atoms with Crippen LogP contribution in [0.5, 0.6) is 0 Å². The van der Waals surface area contributed by atoms with Gasteiger partial charge in [-0.2, -0.15) is 0 Å². The van der Waals surface area contributed by atoms with Crippen molar-refractivity contribution in [3.8, 4) is 0 Å². The van der Waals surface area contributed by atoms with Gasteiger partial charge < -0.3 is 15.5 Å². The van der Waals surface area contributed by atoms with E-state index in [0.29, 0.717) is 12.1 Å². The summed E-state index contributed by atoms with van der Waals surface area (Å²) in [4.78, 5) is 19.2. The van der Waals surface area contributed by atoms with Gasteiger partial charge in [0.2, 0.25) is 0 Å². The predicted octanol–water partition coefficient (Wildman–Crippen LogP) is 4.85. The summed E-state index contributed by atoms with van der Waals surface area (Å²) in [5.41, 5.74) is 4.98. The van der Waals surface area contributed by atoms with E-state index in [9.17, 15) is 4.79 Å². The number of nitrogens with zero attached hydrogens (tertiary/aromatic N) is 2. The average molecular weight is 386 g/mol. The van der Waals surface area contributed by atoms with Crippen molar-refractivity contribution in [2.75, 3.05) is 28.6 Å². The molecule has 148 valence electrons. The Morgan fingerprint density at radius 3 is 2.34 bits per heavy atom. The molecule has 2 aromatic carbocycles. The lowest BCUT2D eigenvalue weighted by atomic mass is 10.1. The van der Waals surface area contributed by atoms with E-state index in [1.54, 1.807) is 12.3 Å². The average Bonchev–Trinajstić information content (AvgIpc) is 3.29. The van der Waals surface area contributed by atoms with Gasteiger partial charge in [-0.15, -0.1) is 0 Å². The SMILES string of the molecule is Cc1ccc(CNc2ccc(C(=O)Nc3ccc(N4CCCC4)cc3)cn2)cc1. The minimum absolute atomic E-state index is 0.156. The zero-order chi connectivity index (χ0) is 20.1. The standard InChI is InChI=1S/C24H26N4O/c1-18-4-6-19(7-5-18)16-25-23-13-8-20(17-26-23)24(29)27-21-9-11-22(12-10-21)28-14-2-3-15-28/h4-13,17H,2-3,14-16H2,1H3,(H,25,26)(H,27,29). The number of hydrogen-bond donors (Lipinski definition) is 2. The predicted molar refractivity (Wildman–Crippen MR) is 119 cm³/mol. The van der Waals surface area contributed by atoms with Gasteiger partial charge in [-0.25, -0.2) is 4.98 Å². The number of rotatable bonds is 6. The Balaban J connectivity index is 1.32. The lowest BCUT2D eigenvalue weighted by Gasteiger charge is -2.17. The molecule has 1 amide bonds. The molecule has 4 rings (SSSR count). The lowest BCUT2D eigenvalue weighted by Crippen LogP contribution is -2.17. The van der Waals surface area contributed by atoms with Crippen molar-refractivity contribution >= 4 is 23.1 Å². The number of aryl methyl sites for hydroxylation is 1. The van der Waals surface area contributed by atoms with Crippen LogP contribution in [0.15, 0.2) is 66.9 Å². The number of carbonyl (C=O) groups is 1. The van der Waals surface area contributed by atoms with Crippen LogP contribution in [0.3, 0.4) is 0 Å². The number of aromatic nitrogens is 1. The fourth-order valence-corrected chi connectivity index (χ4v) is 3.47. The maximum absolute atomic E-state index is 12.5. The van der Waals surface area contributed by atoms with Crippen LogP contribution in [0.2, 0.25) is 0 Å². The lowest BCUT2D eigenvalue weighted by molar-refractivity contribution is 0.102. The molecule has 3 aromatic rings. The smallest absolute Gasteiger partial charge is 0.257 e. The van der Waals surface area contributed by atoms with E-state index in [1.165, 1.54) is 29.7 Å². The molecular formula is C24H26N4O. The van der Waals surface area contributed by atoms with Gasteiger partial charge in [0.25, 0.3) is 5.91 Å². The zero-order valence-electron chi connectivity index (χ0n) is 16.7. The molecule has 2 heterocycles. The minimum Gasteiger partial charge on any atom is -0.372 e. The number of benzene rings is 2. The van der Waals surface area contributed by atoms with E-state index in [-0.39, 0.29) is 5.91 Å². The molecule has 5 nitrogen and oxygen atoms in total. The summed E-state index contributed by atoms with van der Waals surface area (Å²) < 4.78 is 0. The molecule has 0 unspecified atom stereocenters. The first kappa shape index (κ1) is 19.0. The third-order valence-electron chi connectivity index (χ3n) is 5.22. The summed E-state index contributed by atoms with van der Waals surface area (Å²) in [5, 5.41) is 6.22. The first-order valence-corrected chi connectivity index (χ1v) is 10.1. The van der Waals surface area contributed by atoms with Gasteiger partial charge in [0.1, 0.15) is 5.82 Å². The molecule has 1 aromatic heterocycles. The number of pyridine rings is 1. The van der Waals surface area contributed by atoms with E-state index < -0.39 is 0 Å². The van der Waals surface area contributed by atoms with Crippen LogP contribution in [-0.4, -0.2) is 24.0 Å². The maximum atomic E-state index is 12.5. The molecule has 2 N–H and O–H groups in total. The minimum atomic E-state index is -0.156. The Morgan fingerprint density at radius 1 is 0.966 bits per heavy atom. The van der Waals surface area contributed by atoms with Crippen LogP contribution in [0.25, 0.3) is 0 Å². The topological polar surface area (TPSA) is 57.3 Å². The van der Waals surface area contributed by atoms with Crippen molar-refractivity contribution < 1.29 is 4.79 Å². The van der Waals surface area contributed by atoms with Crippen molar-refractivity contribution in [3.63, 3.8) is 0 Å². The van der Waals surface area contributed by atoms with Crippen molar-refractivity contribution in [3.05, 3.63) is 83.6 Å². The molecule has 0 saturated carbocycles. The van der Waals surface area contributed by atoms with E-state index in [4.69, 9.17) is 0 Å². The van der Waals surface area contributed by atoms with Crippen LogP contribution in [-0.2, 0) is 6.54 Å². The van der Waals surface area contributed by atoms with E-state index in [1.807, 2.05) is 18.2 Å². The van der Waals surface area contributed by atoms with Gasteiger partial charge in [0.15, 0.2) is 0 Å². The number of hydrogen-bond acceptors (Lipinski definition) is 4. The summed E-state index contributed by atoms with van der Waals surface area (Å²) >= 11 is 0. The summed E-state index contributed by atoms with van der Waals surface area (Å²) in [6, 6.07) is 20.0. The van der Waals surface area contributed by atoms with Crippen molar-refractivity contribution in [2.24, 2.45) is 0 Å². The van der Waals surface area contributed by atoms with Crippen molar-refractivity contribution in [1.29, 1.82) is 0 Å². The number of carbonyl (C=O) groups excluding carboxylic acids is 1. The van der Waals surface area contributed by atoms with Crippen molar-refractivity contribution in [2.45, 2.75) is 26.3 Å². The summed E-state index contributed by atoms with van der Waals surface area (Å²) in [6.45, 7) is 5.00. The highest BCUT2D eigenvalue weighted by molar-refractivity contribution is 6.04. The van der Waals surface area contributed by atoms with Gasteiger partial charge >= 0.3 is 0 Å². The second kappa shape index (κ2) is 8.78. The van der Waals surface area contributed by atoms with Crippen LogP contribution in [0.4, 0.5) is 17.2 Å². The summed E-state index contributed by atoms with van der Waals surface area (Å²) in [5.74, 6) is 0.591. The third-order valence-corrected chi connectivity index (χ3v) is 5.22. The fraction of sp³-hybridized carbons (Fsp3) is 0.250. The highest BCUT2D eigenvalue weighted by Crippen LogP contribution is 2.22. The Hall–Kier alpha value is -3.34. The largest absolute Gasteiger partial charge is 0.372 e. The van der Waals surface area contributed by atoms with E-state index in [2.05, 4.69) is 63.8 Å². The highest BCUT2D eigenvalue weighted by Gasteiger charge is 2.12. The first-order chi connectivity index (χ1) is 14.2. The molecule has 0 aliphatic carbocycles. The third kappa shape index (κ3) is 4.93. The maximum Gasteiger partial charge on any atom is 0.257 e. The summed E-state index contributed by atoms with van der Waals surface area (Å²) in [6.07, 6.45) is 4.11. The Labute approximate surface area is 171 Å². The molecular weight excluding hydrogens is 360 g/mol. The van der Waals surface area contributed by atoms with Crippen molar-refractivity contribution in [1.82, 2.24) is 4.98 Å². The molecule has 0 radical (unpaired) electrons. The van der Waals surface area contributed by atoms with E-state index in [0.717, 1.165) is 24.6 Å². The van der Waals surface area contributed by atoms with Gasteiger partial charge in [0, 0.05) is 37.2 Å².